The van der Waals surface area contributed by atoms with Crippen LogP contribution in [0, 0.1) is 11.3 Å². The van der Waals surface area contributed by atoms with E-state index in [9.17, 15) is 4.79 Å². The molecule has 2 heterocycles. The number of carbonyl (C=O) groups excluding carboxylic acids is 1. The number of nitriles is 1. The number of amides is 2. The molecule has 1 aromatic rings. The van der Waals surface area contributed by atoms with Gasteiger partial charge in [-0.3, -0.25) is 0 Å². The van der Waals surface area contributed by atoms with E-state index in [0.29, 0.717) is 30.6 Å². The fourth-order valence-electron chi connectivity index (χ4n) is 3.06. The van der Waals surface area contributed by atoms with E-state index >= 15 is 0 Å². The van der Waals surface area contributed by atoms with Gasteiger partial charge in [0.1, 0.15) is 6.10 Å². The van der Waals surface area contributed by atoms with E-state index in [2.05, 4.69) is 16.4 Å². The Morgan fingerprint density at radius 3 is 3.00 bits per heavy atom. The van der Waals surface area contributed by atoms with E-state index in [1.54, 1.807) is 23.2 Å². The van der Waals surface area contributed by atoms with Gasteiger partial charge in [-0.1, -0.05) is 12.8 Å². The van der Waals surface area contributed by atoms with Crippen LogP contribution < -0.4 is 10.1 Å². The predicted molar refractivity (Wildman–Crippen MR) is 80.3 cm³/mol. The van der Waals surface area contributed by atoms with Gasteiger partial charge in [0.15, 0.2) is 0 Å². The van der Waals surface area contributed by atoms with Crippen molar-refractivity contribution >= 4 is 6.03 Å². The SMILES string of the molecule is N#Cc1ccnc(OC2CCN(C(=O)NC3CCCC3)C2)c1. The number of nitrogens with zero attached hydrogens (tertiary/aromatic N) is 3. The van der Waals surface area contributed by atoms with Gasteiger partial charge in [0, 0.05) is 31.3 Å². The first-order valence-electron chi connectivity index (χ1n) is 7.83. The van der Waals surface area contributed by atoms with Crippen molar-refractivity contribution in [2.75, 3.05) is 13.1 Å². The first-order chi connectivity index (χ1) is 10.7. The molecule has 6 nitrogen and oxygen atoms in total. The zero-order valence-corrected chi connectivity index (χ0v) is 12.5. The van der Waals surface area contributed by atoms with Gasteiger partial charge in [0.05, 0.1) is 18.2 Å². The van der Waals surface area contributed by atoms with Crippen LogP contribution in [0.3, 0.4) is 0 Å². The van der Waals surface area contributed by atoms with Gasteiger partial charge in [-0.15, -0.1) is 0 Å². The highest BCUT2D eigenvalue weighted by Gasteiger charge is 2.29. The Morgan fingerprint density at radius 2 is 2.23 bits per heavy atom. The molecule has 1 saturated carbocycles. The smallest absolute Gasteiger partial charge is 0.317 e. The minimum atomic E-state index is -0.0595. The fraction of sp³-hybridized carbons (Fsp3) is 0.562. The number of ether oxygens (including phenoxy) is 1. The molecule has 1 unspecified atom stereocenters. The molecule has 1 aliphatic heterocycles. The predicted octanol–water partition coefficient (Wildman–Crippen LogP) is 2.06. The van der Waals surface area contributed by atoms with Crippen LogP contribution in [0.5, 0.6) is 5.88 Å². The van der Waals surface area contributed by atoms with Crippen molar-refractivity contribution in [2.45, 2.75) is 44.2 Å². The van der Waals surface area contributed by atoms with Crippen molar-refractivity contribution in [3.63, 3.8) is 0 Å². The van der Waals surface area contributed by atoms with Crippen molar-refractivity contribution in [1.82, 2.24) is 15.2 Å². The molecule has 1 saturated heterocycles. The van der Waals surface area contributed by atoms with Crippen LogP contribution in [0.1, 0.15) is 37.7 Å². The molecule has 116 valence electrons. The second kappa shape index (κ2) is 6.65. The summed E-state index contributed by atoms with van der Waals surface area (Å²) in [6, 6.07) is 5.68. The first-order valence-corrected chi connectivity index (χ1v) is 7.83. The van der Waals surface area contributed by atoms with Crippen LogP contribution in [0.25, 0.3) is 0 Å². The van der Waals surface area contributed by atoms with Gasteiger partial charge in [-0.05, 0) is 18.9 Å². The average molecular weight is 300 g/mol. The molecule has 0 spiro atoms. The Kier molecular flexibility index (Phi) is 4.42. The number of aromatic nitrogens is 1. The Morgan fingerprint density at radius 1 is 1.41 bits per heavy atom. The molecule has 22 heavy (non-hydrogen) atoms. The van der Waals surface area contributed by atoms with E-state index in [4.69, 9.17) is 10.00 Å². The van der Waals surface area contributed by atoms with Gasteiger partial charge in [-0.2, -0.15) is 5.26 Å². The van der Waals surface area contributed by atoms with Gasteiger partial charge in [0.25, 0.3) is 0 Å². The molecule has 1 atom stereocenters. The fourth-order valence-corrected chi connectivity index (χ4v) is 3.06. The monoisotopic (exact) mass is 300 g/mol. The third kappa shape index (κ3) is 3.48. The minimum Gasteiger partial charge on any atom is -0.472 e. The molecular formula is C16H20N4O2. The van der Waals surface area contributed by atoms with E-state index in [1.807, 2.05) is 0 Å². The third-order valence-corrected chi connectivity index (χ3v) is 4.27. The number of likely N-dealkylation sites (tertiary alicyclic amines) is 1. The Hall–Kier alpha value is -2.29. The summed E-state index contributed by atoms with van der Waals surface area (Å²) in [7, 11) is 0. The van der Waals surface area contributed by atoms with Crippen LogP contribution in [0.15, 0.2) is 18.3 Å². The highest BCUT2D eigenvalue weighted by Crippen LogP contribution is 2.20. The average Bonchev–Trinajstić information content (AvgIpc) is 3.19. The highest BCUT2D eigenvalue weighted by atomic mass is 16.5. The molecule has 6 heteroatoms. The largest absolute Gasteiger partial charge is 0.472 e. The number of rotatable bonds is 3. The zero-order chi connectivity index (χ0) is 15.4. The quantitative estimate of drug-likeness (QED) is 0.926. The number of nitrogens with one attached hydrogen (secondary N) is 1. The molecule has 2 amide bonds. The Balaban J connectivity index is 1.51. The number of pyridine rings is 1. The Bertz CT molecular complexity index is 578. The van der Waals surface area contributed by atoms with Crippen LogP contribution in [0.4, 0.5) is 4.79 Å². The van der Waals surface area contributed by atoms with E-state index in [1.165, 1.54) is 12.8 Å². The van der Waals surface area contributed by atoms with E-state index in [0.717, 1.165) is 19.3 Å². The highest BCUT2D eigenvalue weighted by molar-refractivity contribution is 5.74. The molecular weight excluding hydrogens is 280 g/mol. The number of hydrogen-bond donors (Lipinski definition) is 1. The van der Waals surface area contributed by atoms with Crippen molar-refractivity contribution in [1.29, 1.82) is 5.26 Å². The Labute approximate surface area is 130 Å². The molecule has 0 bridgehead atoms. The van der Waals surface area contributed by atoms with Gasteiger partial charge >= 0.3 is 6.03 Å². The third-order valence-electron chi connectivity index (χ3n) is 4.27. The molecule has 2 aliphatic rings. The summed E-state index contributed by atoms with van der Waals surface area (Å²) in [4.78, 5) is 18.1. The molecule has 0 radical (unpaired) electrons. The van der Waals surface area contributed by atoms with Crippen LogP contribution >= 0.6 is 0 Å². The lowest BCUT2D eigenvalue weighted by Crippen LogP contribution is -2.43. The van der Waals surface area contributed by atoms with E-state index < -0.39 is 0 Å². The van der Waals surface area contributed by atoms with Gasteiger partial charge in [-0.25, -0.2) is 9.78 Å². The maximum Gasteiger partial charge on any atom is 0.317 e. The minimum absolute atomic E-state index is 0.0109. The summed E-state index contributed by atoms with van der Waals surface area (Å²) in [6.07, 6.45) is 6.88. The standard InChI is InChI=1S/C16H20N4O2/c17-10-12-5-7-18-15(9-12)22-14-6-8-20(11-14)16(21)19-13-3-1-2-4-13/h5,7,9,13-14H,1-4,6,8,11H2,(H,19,21). The summed E-state index contributed by atoms with van der Waals surface area (Å²) in [5.74, 6) is 0.446. The van der Waals surface area contributed by atoms with Crippen LogP contribution in [-0.2, 0) is 0 Å². The van der Waals surface area contributed by atoms with Gasteiger partial charge < -0.3 is 15.0 Å². The summed E-state index contributed by atoms with van der Waals surface area (Å²) in [5.41, 5.74) is 0.527. The lowest BCUT2D eigenvalue weighted by Gasteiger charge is -2.20. The lowest BCUT2D eigenvalue weighted by molar-refractivity contribution is 0.181. The molecule has 2 fully saturated rings. The summed E-state index contributed by atoms with van der Waals surface area (Å²) >= 11 is 0. The number of carbonyl (C=O) groups is 1. The zero-order valence-electron chi connectivity index (χ0n) is 12.5. The summed E-state index contributed by atoms with van der Waals surface area (Å²) in [6.45, 7) is 1.26. The maximum atomic E-state index is 12.2. The summed E-state index contributed by atoms with van der Waals surface area (Å²) in [5, 5.41) is 12.0. The molecule has 1 aromatic heterocycles. The molecule has 1 aliphatic carbocycles. The van der Waals surface area contributed by atoms with Crippen molar-refractivity contribution in [3.05, 3.63) is 23.9 Å². The van der Waals surface area contributed by atoms with Crippen LogP contribution in [-0.4, -0.2) is 41.2 Å². The molecule has 0 aromatic carbocycles. The maximum absolute atomic E-state index is 12.2. The number of urea groups is 1. The van der Waals surface area contributed by atoms with Gasteiger partial charge in [0.2, 0.25) is 5.88 Å². The van der Waals surface area contributed by atoms with Crippen LogP contribution in [0.2, 0.25) is 0 Å². The topological polar surface area (TPSA) is 78.2 Å². The molecule has 1 N–H and O–H groups in total. The second-order valence-electron chi connectivity index (χ2n) is 5.90. The normalized spacial score (nSPS) is 21.6. The van der Waals surface area contributed by atoms with Crippen molar-refractivity contribution in [2.24, 2.45) is 0 Å². The lowest BCUT2D eigenvalue weighted by atomic mass is 10.2. The molecule has 3 rings (SSSR count). The summed E-state index contributed by atoms with van der Waals surface area (Å²) < 4.78 is 5.78. The van der Waals surface area contributed by atoms with E-state index in [-0.39, 0.29) is 12.1 Å². The second-order valence-corrected chi connectivity index (χ2v) is 5.90. The van der Waals surface area contributed by atoms with Crippen molar-refractivity contribution in [3.8, 4) is 11.9 Å². The first kappa shape index (κ1) is 14.6. The number of hydrogen-bond acceptors (Lipinski definition) is 4. The van der Waals surface area contributed by atoms with Crippen molar-refractivity contribution < 1.29 is 9.53 Å².